The van der Waals surface area contributed by atoms with E-state index in [0.717, 1.165) is 30.4 Å². The summed E-state index contributed by atoms with van der Waals surface area (Å²) >= 11 is 0. The molecule has 0 radical (unpaired) electrons. The van der Waals surface area contributed by atoms with Crippen LogP contribution >= 0.6 is 0 Å². The van der Waals surface area contributed by atoms with Gasteiger partial charge < -0.3 is 14.9 Å². The van der Waals surface area contributed by atoms with Crippen molar-refractivity contribution in [3.63, 3.8) is 0 Å². The summed E-state index contributed by atoms with van der Waals surface area (Å²) in [6.07, 6.45) is 2.14. The summed E-state index contributed by atoms with van der Waals surface area (Å²) in [4.78, 5) is 11.1. The Morgan fingerprint density at radius 2 is 2.21 bits per heavy atom. The van der Waals surface area contributed by atoms with Crippen molar-refractivity contribution in [1.29, 1.82) is 0 Å². The van der Waals surface area contributed by atoms with E-state index in [1.807, 2.05) is 18.2 Å². The zero-order chi connectivity index (χ0) is 14.0. The van der Waals surface area contributed by atoms with Gasteiger partial charge >= 0.3 is 5.97 Å². The van der Waals surface area contributed by atoms with Crippen LogP contribution in [-0.2, 0) is 11.2 Å². The van der Waals surface area contributed by atoms with Gasteiger partial charge in [-0.15, -0.1) is 0 Å². The first-order chi connectivity index (χ1) is 8.92. The van der Waals surface area contributed by atoms with Crippen molar-refractivity contribution >= 4 is 5.97 Å². The van der Waals surface area contributed by atoms with E-state index in [1.54, 1.807) is 13.8 Å². The second kappa shape index (κ2) is 5.21. The standard InChI is InChI=1S/C15H20O4/c1-15(2,14(17)18)9-19-13-8-4-5-10-11(13)6-3-7-12(10)16/h4-5,8,12,16H,3,6-7,9H2,1-2H3,(H,17,18). The van der Waals surface area contributed by atoms with Gasteiger partial charge in [-0.3, -0.25) is 4.79 Å². The van der Waals surface area contributed by atoms with Crippen LogP contribution in [0.1, 0.15) is 43.9 Å². The third kappa shape index (κ3) is 2.89. The van der Waals surface area contributed by atoms with E-state index in [-0.39, 0.29) is 6.61 Å². The van der Waals surface area contributed by atoms with Crippen molar-refractivity contribution in [3.8, 4) is 5.75 Å². The van der Waals surface area contributed by atoms with E-state index in [4.69, 9.17) is 9.84 Å². The van der Waals surface area contributed by atoms with E-state index >= 15 is 0 Å². The Morgan fingerprint density at radius 1 is 1.47 bits per heavy atom. The zero-order valence-electron chi connectivity index (χ0n) is 11.3. The van der Waals surface area contributed by atoms with E-state index < -0.39 is 17.5 Å². The minimum absolute atomic E-state index is 0.120. The van der Waals surface area contributed by atoms with E-state index in [9.17, 15) is 9.90 Å². The molecule has 19 heavy (non-hydrogen) atoms. The van der Waals surface area contributed by atoms with E-state index in [0.29, 0.717) is 5.75 Å². The van der Waals surface area contributed by atoms with Crippen LogP contribution in [0.5, 0.6) is 5.75 Å². The van der Waals surface area contributed by atoms with Gasteiger partial charge in [0, 0.05) is 0 Å². The number of carboxylic acid groups (broad SMARTS) is 1. The highest BCUT2D eigenvalue weighted by Gasteiger charge is 2.29. The lowest BCUT2D eigenvalue weighted by Crippen LogP contribution is -2.31. The van der Waals surface area contributed by atoms with Crippen molar-refractivity contribution in [2.75, 3.05) is 6.61 Å². The van der Waals surface area contributed by atoms with Crippen LogP contribution in [0.4, 0.5) is 0 Å². The van der Waals surface area contributed by atoms with Gasteiger partial charge in [-0.2, -0.15) is 0 Å². The van der Waals surface area contributed by atoms with Crippen molar-refractivity contribution in [2.45, 2.75) is 39.2 Å². The second-order valence-corrected chi connectivity index (χ2v) is 5.71. The molecule has 1 atom stereocenters. The molecule has 2 N–H and O–H groups in total. The molecular weight excluding hydrogens is 244 g/mol. The van der Waals surface area contributed by atoms with Gasteiger partial charge in [-0.25, -0.2) is 0 Å². The summed E-state index contributed by atoms with van der Waals surface area (Å²) in [7, 11) is 0. The number of aliphatic hydroxyl groups excluding tert-OH is 1. The molecule has 0 spiro atoms. The molecule has 0 heterocycles. The number of benzene rings is 1. The molecule has 0 saturated carbocycles. The molecule has 2 rings (SSSR count). The van der Waals surface area contributed by atoms with E-state index in [1.165, 1.54) is 0 Å². The highest BCUT2D eigenvalue weighted by atomic mass is 16.5. The molecule has 4 nitrogen and oxygen atoms in total. The average molecular weight is 264 g/mol. The lowest BCUT2D eigenvalue weighted by Gasteiger charge is -2.25. The summed E-state index contributed by atoms with van der Waals surface area (Å²) in [5.74, 6) is -0.178. The fraction of sp³-hybridized carbons (Fsp3) is 0.533. The highest BCUT2D eigenvalue weighted by Crippen LogP contribution is 2.35. The molecule has 0 bridgehead atoms. The van der Waals surface area contributed by atoms with Crippen molar-refractivity contribution < 1.29 is 19.7 Å². The maximum absolute atomic E-state index is 11.1. The maximum atomic E-state index is 11.1. The van der Waals surface area contributed by atoms with Crippen LogP contribution < -0.4 is 4.74 Å². The van der Waals surface area contributed by atoms with Crippen molar-refractivity contribution in [2.24, 2.45) is 5.41 Å². The summed E-state index contributed by atoms with van der Waals surface area (Å²) in [5, 5.41) is 19.0. The average Bonchev–Trinajstić information content (AvgIpc) is 2.37. The smallest absolute Gasteiger partial charge is 0.312 e. The number of rotatable bonds is 4. The second-order valence-electron chi connectivity index (χ2n) is 5.71. The third-order valence-corrected chi connectivity index (χ3v) is 3.60. The zero-order valence-corrected chi connectivity index (χ0v) is 11.3. The Morgan fingerprint density at radius 3 is 2.89 bits per heavy atom. The Bertz CT molecular complexity index is 479. The van der Waals surface area contributed by atoms with Gasteiger partial charge in [0.2, 0.25) is 0 Å². The van der Waals surface area contributed by atoms with Crippen LogP contribution in [0, 0.1) is 5.41 Å². The molecule has 0 aliphatic heterocycles. The molecule has 0 amide bonds. The predicted octanol–water partition coefficient (Wildman–Crippen LogP) is 2.55. The lowest BCUT2D eigenvalue weighted by molar-refractivity contribution is -0.148. The van der Waals surface area contributed by atoms with Gasteiger partial charge in [-0.05, 0) is 50.3 Å². The third-order valence-electron chi connectivity index (χ3n) is 3.60. The molecule has 0 saturated heterocycles. The van der Waals surface area contributed by atoms with E-state index in [2.05, 4.69) is 0 Å². The van der Waals surface area contributed by atoms with Crippen molar-refractivity contribution in [1.82, 2.24) is 0 Å². The summed E-state index contributed by atoms with van der Waals surface area (Å²) in [6, 6.07) is 5.60. The SMILES string of the molecule is CC(C)(COc1cccc2c1CCCC2O)C(=O)O. The molecule has 1 aromatic rings. The quantitative estimate of drug-likeness (QED) is 0.877. The Hall–Kier alpha value is -1.55. The molecule has 1 aliphatic rings. The van der Waals surface area contributed by atoms with Crippen LogP contribution in [0.25, 0.3) is 0 Å². The van der Waals surface area contributed by atoms with Crippen LogP contribution in [0.2, 0.25) is 0 Å². The molecular formula is C15H20O4. The van der Waals surface area contributed by atoms with Gasteiger partial charge in [0.15, 0.2) is 0 Å². The number of carbonyl (C=O) groups is 1. The Balaban J connectivity index is 2.18. The number of aliphatic carboxylic acids is 1. The first-order valence-electron chi connectivity index (χ1n) is 6.58. The fourth-order valence-electron chi connectivity index (χ4n) is 2.25. The fourth-order valence-corrected chi connectivity index (χ4v) is 2.25. The lowest BCUT2D eigenvalue weighted by atomic mass is 9.89. The van der Waals surface area contributed by atoms with Crippen LogP contribution in [0.15, 0.2) is 18.2 Å². The number of hydrogen-bond acceptors (Lipinski definition) is 3. The minimum atomic E-state index is -0.921. The maximum Gasteiger partial charge on any atom is 0.312 e. The molecule has 0 aromatic heterocycles. The summed E-state index contributed by atoms with van der Waals surface area (Å²) in [6.45, 7) is 3.40. The van der Waals surface area contributed by atoms with Crippen molar-refractivity contribution in [3.05, 3.63) is 29.3 Å². The summed E-state index contributed by atoms with van der Waals surface area (Å²) in [5.41, 5.74) is 1.01. The predicted molar refractivity (Wildman–Crippen MR) is 71.3 cm³/mol. The minimum Gasteiger partial charge on any atom is -0.492 e. The Labute approximate surface area is 113 Å². The monoisotopic (exact) mass is 264 g/mol. The van der Waals surface area contributed by atoms with Gasteiger partial charge in [0.1, 0.15) is 12.4 Å². The molecule has 0 fully saturated rings. The highest BCUT2D eigenvalue weighted by molar-refractivity contribution is 5.73. The first-order valence-corrected chi connectivity index (χ1v) is 6.58. The number of carboxylic acids is 1. The van der Waals surface area contributed by atoms with Crippen LogP contribution in [0.3, 0.4) is 0 Å². The Kier molecular flexibility index (Phi) is 3.80. The van der Waals surface area contributed by atoms with Crippen LogP contribution in [-0.4, -0.2) is 22.8 Å². The number of fused-ring (bicyclic) bond motifs is 1. The first kappa shape index (κ1) is 13.9. The topological polar surface area (TPSA) is 66.8 Å². The largest absolute Gasteiger partial charge is 0.492 e. The summed E-state index contributed by atoms with van der Waals surface area (Å²) < 4.78 is 5.69. The molecule has 104 valence electrons. The molecule has 1 aliphatic carbocycles. The molecule has 4 heteroatoms. The number of aliphatic hydroxyl groups is 1. The van der Waals surface area contributed by atoms with Gasteiger partial charge in [-0.1, -0.05) is 12.1 Å². The normalized spacial score (nSPS) is 18.8. The van der Waals surface area contributed by atoms with Gasteiger partial charge in [0.25, 0.3) is 0 Å². The molecule has 1 unspecified atom stereocenters. The number of hydrogen-bond donors (Lipinski definition) is 2. The molecule has 1 aromatic carbocycles. The number of ether oxygens (including phenoxy) is 1. The van der Waals surface area contributed by atoms with Gasteiger partial charge in [0.05, 0.1) is 11.5 Å².